The van der Waals surface area contributed by atoms with Crippen molar-refractivity contribution in [3.8, 4) is 0 Å². The van der Waals surface area contributed by atoms with E-state index in [1.54, 1.807) is 20.8 Å². The molecule has 1 unspecified atom stereocenters. The van der Waals surface area contributed by atoms with Gasteiger partial charge in [0.1, 0.15) is 17.2 Å². The highest BCUT2D eigenvalue weighted by atomic mass is 35.5. The van der Waals surface area contributed by atoms with Crippen LogP contribution >= 0.6 is 11.6 Å². The number of carbonyl (C=O) groups excluding carboxylic acids is 3. The largest absolute Gasteiger partial charge is 0.444 e. The summed E-state index contributed by atoms with van der Waals surface area (Å²) >= 11 is 5.52. The zero-order valence-electron chi connectivity index (χ0n) is 22.8. The Balaban J connectivity index is 3.01. The van der Waals surface area contributed by atoms with Gasteiger partial charge in [-0.1, -0.05) is 58.0 Å². The molecule has 3 amide bonds. The Labute approximate surface area is 221 Å². The minimum atomic E-state index is -1.58. The number of hydrogen-bond acceptors (Lipinski definition) is 5. The van der Waals surface area contributed by atoms with E-state index in [1.165, 1.54) is 4.90 Å². The number of nitrogens with zero attached hydrogens (tertiary/aromatic N) is 1. The van der Waals surface area contributed by atoms with Crippen molar-refractivity contribution >= 4 is 29.5 Å². The van der Waals surface area contributed by atoms with Gasteiger partial charge in [0.2, 0.25) is 11.8 Å². The van der Waals surface area contributed by atoms with E-state index in [-0.39, 0.29) is 49.4 Å². The zero-order chi connectivity index (χ0) is 27.6. The molecule has 0 radical (unpaired) electrons. The summed E-state index contributed by atoms with van der Waals surface area (Å²) in [5.41, 5.74) is -1.92. The second-order valence-corrected chi connectivity index (χ2v) is 11.7. The smallest absolute Gasteiger partial charge is 0.412 e. The van der Waals surface area contributed by atoms with Crippen molar-refractivity contribution in [1.29, 1.82) is 0 Å². The van der Waals surface area contributed by atoms with Crippen molar-refractivity contribution in [2.24, 2.45) is 11.3 Å². The molecule has 0 spiro atoms. The molecule has 1 aromatic carbocycles. The van der Waals surface area contributed by atoms with E-state index in [0.717, 1.165) is 5.56 Å². The molecule has 0 heterocycles. The summed E-state index contributed by atoms with van der Waals surface area (Å²) in [4.78, 5) is 38.7. The van der Waals surface area contributed by atoms with Gasteiger partial charge in [-0.2, -0.15) is 0 Å². The van der Waals surface area contributed by atoms with Crippen LogP contribution in [0, 0.1) is 11.3 Å². The van der Waals surface area contributed by atoms with E-state index in [9.17, 15) is 19.5 Å². The van der Waals surface area contributed by atoms with Gasteiger partial charge in [0.25, 0.3) is 0 Å². The van der Waals surface area contributed by atoms with Crippen molar-refractivity contribution in [3.05, 3.63) is 35.9 Å². The van der Waals surface area contributed by atoms with Crippen molar-refractivity contribution in [2.45, 2.75) is 79.1 Å². The van der Waals surface area contributed by atoms with Crippen LogP contribution in [0.4, 0.5) is 4.79 Å². The van der Waals surface area contributed by atoms with E-state index >= 15 is 0 Å². The van der Waals surface area contributed by atoms with Crippen molar-refractivity contribution in [1.82, 2.24) is 15.5 Å². The van der Waals surface area contributed by atoms with Crippen LogP contribution in [0.15, 0.2) is 30.3 Å². The Bertz CT molecular complexity index is 855. The van der Waals surface area contributed by atoms with Crippen molar-refractivity contribution in [3.63, 3.8) is 0 Å². The fourth-order valence-corrected chi connectivity index (χ4v) is 3.78. The van der Waals surface area contributed by atoms with Crippen LogP contribution in [0.1, 0.15) is 66.9 Å². The molecule has 0 aromatic heterocycles. The average molecular weight is 526 g/mol. The average Bonchev–Trinajstić information content (AvgIpc) is 2.74. The number of alkyl halides is 1. The van der Waals surface area contributed by atoms with Gasteiger partial charge < -0.3 is 20.5 Å². The lowest BCUT2D eigenvalue weighted by Gasteiger charge is -2.41. The third-order valence-electron chi connectivity index (χ3n) is 5.37. The Kier molecular flexibility index (Phi) is 12.2. The molecule has 9 heteroatoms. The predicted molar refractivity (Wildman–Crippen MR) is 143 cm³/mol. The van der Waals surface area contributed by atoms with Crippen LogP contribution in [0.5, 0.6) is 0 Å². The molecule has 0 saturated carbocycles. The predicted octanol–water partition coefficient (Wildman–Crippen LogP) is 4.09. The Morgan fingerprint density at radius 1 is 1.03 bits per heavy atom. The number of amides is 3. The van der Waals surface area contributed by atoms with Crippen LogP contribution in [0.2, 0.25) is 0 Å². The quantitative estimate of drug-likeness (QED) is 0.265. The van der Waals surface area contributed by atoms with E-state index in [0.29, 0.717) is 13.1 Å². The SMILES string of the molecule is CC(C)CN(C(=O)OC(C)(C)C)C(O)(CCNC(=O)CC(C)(C)CNC(=O)CCl)Cc1ccccc1. The molecule has 1 aromatic rings. The fourth-order valence-electron chi connectivity index (χ4n) is 3.68. The molecule has 0 fully saturated rings. The molecule has 36 heavy (non-hydrogen) atoms. The maximum Gasteiger partial charge on any atom is 0.412 e. The number of benzene rings is 1. The fraction of sp³-hybridized carbons (Fsp3) is 0.667. The summed E-state index contributed by atoms with van der Waals surface area (Å²) in [5.74, 6) is -0.552. The molecule has 1 atom stereocenters. The van der Waals surface area contributed by atoms with Crippen LogP contribution in [0.25, 0.3) is 0 Å². The normalized spacial score (nSPS) is 13.6. The Morgan fingerprint density at radius 2 is 1.64 bits per heavy atom. The van der Waals surface area contributed by atoms with Gasteiger partial charge in [-0.25, -0.2) is 4.79 Å². The van der Waals surface area contributed by atoms with Crippen LogP contribution < -0.4 is 10.6 Å². The summed E-state index contributed by atoms with van der Waals surface area (Å²) in [7, 11) is 0. The first-order valence-electron chi connectivity index (χ1n) is 12.4. The van der Waals surface area contributed by atoms with Gasteiger partial charge in [0, 0.05) is 38.9 Å². The van der Waals surface area contributed by atoms with Crippen LogP contribution in [0.3, 0.4) is 0 Å². The standard InChI is InChI=1S/C27H44ClN3O5/c1-20(2)18-31(24(34)36-25(3,4)5)27(35,15-21-11-9-8-10-12-21)13-14-29-22(32)16-26(6,7)19-30-23(33)17-28/h8-12,20,35H,13-19H2,1-7H3,(H,29,32)(H,30,33). The van der Waals surface area contributed by atoms with Crippen molar-refractivity contribution in [2.75, 3.05) is 25.5 Å². The first-order valence-corrected chi connectivity index (χ1v) is 13.0. The third-order valence-corrected chi connectivity index (χ3v) is 5.61. The van der Waals surface area contributed by atoms with Gasteiger partial charge in [0.05, 0.1) is 0 Å². The van der Waals surface area contributed by atoms with Gasteiger partial charge >= 0.3 is 6.09 Å². The first-order chi connectivity index (χ1) is 16.6. The number of rotatable bonds is 13. The second kappa shape index (κ2) is 13.8. The summed E-state index contributed by atoms with van der Waals surface area (Å²) in [6, 6.07) is 9.43. The minimum absolute atomic E-state index is 0.0819. The van der Waals surface area contributed by atoms with Crippen molar-refractivity contribution < 1.29 is 24.2 Å². The highest BCUT2D eigenvalue weighted by Gasteiger charge is 2.40. The number of ether oxygens (including phenoxy) is 1. The van der Waals surface area contributed by atoms with E-state index in [1.807, 2.05) is 58.0 Å². The van der Waals surface area contributed by atoms with E-state index < -0.39 is 22.8 Å². The molecule has 0 aliphatic rings. The van der Waals surface area contributed by atoms with E-state index in [4.69, 9.17) is 16.3 Å². The Hall–Kier alpha value is -2.32. The maximum absolute atomic E-state index is 13.2. The number of nitrogens with one attached hydrogen (secondary N) is 2. The zero-order valence-corrected chi connectivity index (χ0v) is 23.6. The molecule has 0 aliphatic carbocycles. The highest BCUT2D eigenvalue weighted by molar-refractivity contribution is 6.27. The second-order valence-electron chi connectivity index (χ2n) is 11.5. The topological polar surface area (TPSA) is 108 Å². The minimum Gasteiger partial charge on any atom is -0.444 e. The molecule has 0 saturated heterocycles. The molecular weight excluding hydrogens is 482 g/mol. The van der Waals surface area contributed by atoms with Crippen LogP contribution in [-0.4, -0.2) is 64.8 Å². The highest BCUT2D eigenvalue weighted by Crippen LogP contribution is 2.26. The third kappa shape index (κ3) is 12.1. The number of aliphatic hydroxyl groups is 1. The van der Waals surface area contributed by atoms with Gasteiger partial charge in [-0.3, -0.25) is 14.5 Å². The summed E-state index contributed by atoms with van der Waals surface area (Å²) in [6.07, 6.45) is -0.125. The molecule has 3 N–H and O–H groups in total. The Morgan fingerprint density at radius 3 is 2.17 bits per heavy atom. The molecule has 8 nitrogen and oxygen atoms in total. The number of halogens is 1. The van der Waals surface area contributed by atoms with Gasteiger partial charge in [-0.15, -0.1) is 11.6 Å². The van der Waals surface area contributed by atoms with E-state index in [2.05, 4.69) is 10.6 Å². The summed E-state index contributed by atoms with van der Waals surface area (Å²) < 4.78 is 5.63. The number of carbonyl (C=O) groups is 3. The molecule has 1 rings (SSSR count). The first kappa shape index (κ1) is 31.7. The van der Waals surface area contributed by atoms with Gasteiger partial charge in [0.15, 0.2) is 0 Å². The maximum atomic E-state index is 13.2. The monoisotopic (exact) mass is 525 g/mol. The lowest BCUT2D eigenvalue weighted by molar-refractivity contribution is -0.126. The molecule has 0 bridgehead atoms. The van der Waals surface area contributed by atoms with Gasteiger partial charge in [-0.05, 0) is 37.7 Å². The lowest BCUT2D eigenvalue weighted by atomic mass is 9.88. The summed E-state index contributed by atoms with van der Waals surface area (Å²) in [5, 5.41) is 17.4. The molecular formula is C27H44ClN3O5. The molecule has 0 aliphatic heterocycles. The molecule has 204 valence electrons. The lowest BCUT2D eigenvalue weighted by Crippen LogP contribution is -2.57. The summed E-state index contributed by atoms with van der Waals surface area (Å²) in [6.45, 7) is 13.8. The van der Waals surface area contributed by atoms with Crippen LogP contribution in [-0.2, 0) is 20.7 Å². The number of hydrogen-bond donors (Lipinski definition) is 3.